The first-order chi connectivity index (χ1) is 10.2. The second-order valence-electron chi connectivity index (χ2n) is 4.39. The van der Waals surface area contributed by atoms with Crippen LogP contribution < -0.4 is 5.32 Å². The number of nitrogens with zero attached hydrogens (tertiary/aromatic N) is 3. The molecule has 0 spiro atoms. The molecule has 1 amide bonds. The maximum Gasteiger partial charge on any atom is 0.256 e. The minimum absolute atomic E-state index is 0.0332. The Hall–Kier alpha value is -0.990. The van der Waals surface area contributed by atoms with Crippen molar-refractivity contribution in [2.75, 3.05) is 19.1 Å². The lowest BCUT2D eigenvalue weighted by Gasteiger charge is -2.06. The Morgan fingerprint density at radius 1 is 1.43 bits per heavy atom. The predicted octanol–water partition coefficient (Wildman–Crippen LogP) is 2.91. The van der Waals surface area contributed by atoms with E-state index in [-0.39, 0.29) is 5.91 Å². The molecule has 0 saturated carbocycles. The van der Waals surface area contributed by atoms with E-state index < -0.39 is 0 Å². The lowest BCUT2D eigenvalue weighted by atomic mass is 10.3. The van der Waals surface area contributed by atoms with E-state index in [9.17, 15) is 4.79 Å². The standard InChI is InChI=1S/C13H18N4OS3/c1-9-5-8-17(15-9)7-4-6-14-11(18)10-12(19-2)16-21-13(10)20-3/h5,8H,4,6-7H2,1-3H3,(H,14,18). The van der Waals surface area contributed by atoms with Crippen molar-refractivity contribution < 1.29 is 4.79 Å². The molecule has 0 bridgehead atoms. The number of amides is 1. The third-order valence-electron chi connectivity index (χ3n) is 2.86. The van der Waals surface area contributed by atoms with Crippen molar-refractivity contribution in [3.63, 3.8) is 0 Å². The van der Waals surface area contributed by atoms with Crippen LogP contribution in [0.15, 0.2) is 21.5 Å². The Morgan fingerprint density at radius 2 is 2.24 bits per heavy atom. The Bertz CT molecular complexity index is 587. The SMILES string of the molecule is CSc1nsc(SC)c1C(=O)NCCCn1ccc(C)n1. The molecule has 0 atom stereocenters. The van der Waals surface area contributed by atoms with Gasteiger partial charge in [-0.2, -0.15) is 9.47 Å². The average Bonchev–Trinajstić information content (AvgIpc) is 3.08. The van der Waals surface area contributed by atoms with E-state index in [0.29, 0.717) is 6.54 Å². The molecule has 0 unspecified atom stereocenters. The van der Waals surface area contributed by atoms with Crippen LogP contribution in [0.1, 0.15) is 22.5 Å². The van der Waals surface area contributed by atoms with Crippen LogP contribution >= 0.6 is 35.1 Å². The minimum Gasteiger partial charge on any atom is -0.352 e. The molecule has 0 aliphatic heterocycles. The van der Waals surface area contributed by atoms with Crippen LogP contribution in [0.2, 0.25) is 0 Å². The first kappa shape index (κ1) is 16.4. The predicted molar refractivity (Wildman–Crippen MR) is 89.6 cm³/mol. The molecule has 0 radical (unpaired) electrons. The molecule has 1 N–H and O–H groups in total. The van der Waals surface area contributed by atoms with E-state index in [1.54, 1.807) is 11.8 Å². The van der Waals surface area contributed by atoms with Crippen molar-refractivity contribution in [3.05, 3.63) is 23.5 Å². The van der Waals surface area contributed by atoms with Crippen LogP contribution in [0.4, 0.5) is 0 Å². The number of aromatic nitrogens is 3. The maximum atomic E-state index is 12.3. The van der Waals surface area contributed by atoms with E-state index in [2.05, 4.69) is 14.8 Å². The largest absolute Gasteiger partial charge is 0.352 e. The summed E-state index contributed by atoms with van der Waals surface area (Å²) in [7, 11) is 0. The van der Waals surface area contributed by atoms with Crippen molar-refractivity contribution in [1.82, 2.24) is 19.5 Å². The summed E-state index contributed by atoms with van der Waals surface area (Å²) >= 11 is 4.46. The van der Waals surface area contributed by atoms with Gasteiger partial charge in [-0.25, -0.2) is 0 Å². The molecule has 0 fully saturated rings. The fraction of sp³-hybridized carbons (Fsp3) is 0.462. The van der Waals surface area contributed by atoms with Crippen molar-refractivity contribution in [3.8, 4) is 0 Å². The Balaban J connectivity index is 1.85. The van der Waals surface area contributed by atoms with Crippen molar-refractivity contribution in [2.24, 2.45) is 0 Å². The second-order valence-corrected chi connectivity index (χ2v) is 7.03. The highest BCUT2D eigenvalue weighted by molar-refractivity contribution is 8.01. The third kappa shape index (κ3) is 4.24. The topological polar surface area (TPSA) is 59.8 Å². The molecule has 0 aliphatic rings. The highest BCUT2D eigenvalue weighted by Crippen LogP contribution is 2.32. The van der Waals surface area contributed by atoms with Gasteiger partial charge in [-0.15, -0.1) is 23.5 Å². The van der Waals surface area contributed by atoms with E-state index in [4.69, 9.17) is 0 Å². The third-order valence-corrected chi connectivity index (χ3v) is 5.60. The molecule has 0 aromatic carbocycles. The van der Waals surface area contributed by atoms with Gasteiger partial charge in [0, 0.05) is 19.3 Å². The van der Waals surface area contributed by atoms with Gasteiger partial charge >= 0.3 is 0 Å². The molecule has 21 heavy (non-hydrogen) atoms. The van der Waals surface area contributed by atoms with Crippen molar-refractivity contribution >= 4 is 41.0 Å². The summed E-state index contributed by atoms with van der Waals surface area (Å²) in [5.74, 6) is -0.0332. The summed E-state index contributed by atoms with van der Waals surface area (Å²) in [5.41, 5.74) is 1.73. The van der Waals surface area contributed by atoms with Crippen LogP contribution in [0.3, 0.4) is 0 Å². The molecule has 2 aromatic heterocycles. The van der Waals surface area contributed by atoms with Gasteiger partial charge in [-0.1, -0.05) is 0 Å². The number of aryl methyl sites for hydroxylation is 2. The summed E-state index contributed by atoms with van der Waals surface area (Å²) < 4.78 is 7.18. The molecule has 114 valence electrons. The minimum atomic E-state index is -0.0332. The fourth-order valence-electron chi connectivity index (χ4n) is 1.85. The molecular weight excluding hydrogens is 324 g/mol. The Kier molecular flexibility index (Phi) is 6.13. The molecule has 2 aromatic rings. The number of hydrogen-bond acceptors (Lipinski definition) is 6. The number of carbonyl (C=O) groups excluding carboxylic acids is 1. The zero-order valence-corrected chi connectivity index (χ0v) is 14.7. The molecule has 8 heteroatoms. The summed E-state index contributed by atoms with van der Waals surface area (Å²) in [6.45, 7) is 3.41. The van der Waals surface area contributed by atoms with Gasteiger partial charge in [0.05, 0.1) is 15.5 Å². The summed E-state index contributed by atoms with van der Waals surface area (Å²) in [6, 6.07) is 1.98. The average molecular weight is 343 g/mol. The maximum absolute atomic E-state index is 12.3. The van der Waals surface area contributed by atoms with Gasteiger partial charge in [0.15, 0.2) is 0 Å². The molecule has 0 saturated heterocycles. The number of carbonyl (C=O) groups is 1. The zero-order valence-electron chi connectivity index (χ0n) is 12.3. The highest BCUT2D eigenvalue weighted by Gasteiger charge is 2.19. The molecule has 2 heterocycles. The monoisotopic (exact) mass is 342 g/mol. The van der Waals surface area contributed by atoms with Gasteiger partial charge < -0.3 is 5.32 Å². The van der Waals surface area contributed by atoms with Crippen LogP contribution in [0.25, 0.3) is 0 Å². The summed E-state index contributed by atoms with van der Waals surface area (Å²) in [5, 5.41) is 8.10. The van der Waals surface area contributed by atoms with Crippen LogP contribution in [0.5, 0.6) is 0 Å². The normalized spacial score (nSPS) is 10.8. The molecule has 5 nitrogen and oxygen atoms in total. The number of thioether (sulfide) groups is 2. The van der Waals surface area contributed by atoms with Crippen LogP contribution in [-0.2, 0) is 6.54 Å². The van der Waals surface area contributed by atoms with E-state index in [0.717, 1.165) is 33.5 Å². The number of hydrogen-bond donors (Lipinski definition) is 1. The second kappa shape index (κ2) is 7.86. The smallest absolute Gasteiger partial charge is 0.256 e. The summed E-state index contributed by atoms with van der Waals surface area (Å²) in [4.78, 5) is 12.3. The fourth-order valence-corrected chi connectivity index (χ4v) is 4.13. The first-order valence-electron chi connectivity index (χ1n) is 6.51. The Morgan fingerprint density at radius 3 is 2.86 bits per heavy atom. The molecular formula is C13H18N4OS3. The van der Waals surface area contributed by atoms with E-state index in [1.165, 1.54) is 23.3 Å². The van der Waals surface area contributed by atoms with Crippen LogP contribution in [0, 0.1) is 6.92 Å². The van der Waals surface area contributed by atoms with Gasteiger partial charge in [0.2, 0.25) is 0 Å². The van der Waals surface area contributed by atoms with Gasteiger partial charge in [0.1, 0.15) is 5.03 Å². The molecule has 2 rings (SSSR count). The van der Waals surface area contributed by atoms with Crippen molar-refractivity contribution in [2.45, 2.75) is 29.1 Å². The highest BCUT2D eigenvalue weighted by atomic mass is 32.2. The molecule has 0 aliphatic carbocycles. The lowest BCUT2D eigenvalue weighted by molar-refractivity contribution is 0.0947. The number of nitrogens with one attached hydrogen (secondary N) is 1. The summed E-state index contributed by atoms with van der Waals surface area (Å²) in [6.07, 6.45) is 6.72. The van der Waals surface area contributed by atoms with Gasteiger partial charge in [0.25, 0.3) is 5.91 Å². The van der Waals surface area contributed by atoms with Crippen molar-refractivity contribution in [1.29, 1.82) is 0 Å². The van der Waals surface area contributed by atoms with Crippen LogP contribution in [-0.4, -0.2) is 39.1 Å². The first-order valence-corrected chi connectivity index (χ1v) is 9.74. The zero-order chi connectivity index (χ0) is 15.2. The Labute approximate surface area is 137 Å². The lowest BCUT2D eigenvalue weighted by Crippen LogP contribution is -2.25. The van der Waals surface area contributed by atoms with E-state index >= 15 is 0 Å². The quantitative estimate of drug-likeness (QED) is 0.619. The van der Waals surface area contributed by atoms with E-state index in [1.807, 2.05) is 36.4 Å². The van der Waals surface area contributed by atoms with Gasteiger partial charge in [-0.3, -0.25) is 9.48 Å². The van der Waals surface area contributed by atoms with Gasteiger partial charge in [-0.05, 0) is 43.5 Å². The number of rotatable bonds is 7.